The molecule has 0 unspecified atom stereocenters. The van der Waals surface area contributed by atoms with Gasteiger partial charge in [0.15, 0.2) is 5.78 Å². The molecule has 8 heteroatoms. The Morgan fingerprint density at radius 3 is 2.92 bits per heavy atom. The second-order valence-corrected chi connectivity index (χ2v) is 6.92. The molecule has 0 aliphatic rings. The van der Waals surface area contributed by atoms with Gasteiger partial charge in [0.2, 0.25) is 0 Å². The molecule has 0 atom stereocenters. The average molecular weight is 390 g/mol. The number of carbonyl (C=O) groups excluding carboxylic acids is 2. The van der Waals surface area contributed by atoms with Crippen LogP contribution < -0.4 is 0 Å². The predicted octanol–water partition coefficient (Wildman–Crippen LogP) is 3.72. The van der Waals surface area contributed by atoms with Crippen molar-refractivity contribution in [1.29, 1.82) is 0 Å². The molecule has 0 saturated heterocycles. The Morgan fingerprint density at radius 1 is 1.38 bits per heavy atom. The number of rotatable bonds is 6. The lowest BCUT2D eigenvalue weighted by Gasteiger charge is -1.98. The highest BCUT2D eigenvalue weighted by Crippen LogP contribution is 2.30. The first-order valence-corrected chi connectivity index (χ1v) is 9.17. The smallest absolute Gasteiger partial charge is 0.348 e. The molecular weight excluding hydrogens is 374 g/mol. The van der Waals surface area contributed by atoms with Gasteiger partial charge in [-0.05, 0) is 30.7 Å². The molecule has 0 amide bonds. The van der Waals surface area contributed by atoms with Crippen molar-refractivity contribution in [3.8, 4) is 0 Å². The normalized spacial score (nSPS) is 11.3. The number of carbonyl (C=O) groups is 2. The minimum absolute atomic E-state index is 0.172. The number of aryl methyl sites for hydroxylation is 2. The summed E-state index contributed by atoms with van der Waals surface area (Å²) in [6.45, 7) is 2.44. The number of nitrogens with zero attached hydrogens (tertiary/aromatic N) is 3. The number of halogens is 1. The summed E-state index contributed by atoms with van der Waals surface area (Å²) >= 11 is 6.93. The lowest BCUT2D eigenvalue weighted by Crippen LogP contribution is -1.99. The maximum atomic E-state index is 12.4. The van der Waals surface area contributed by atoms with Crippen LogP contribution in [0.2, 0.25) is 0 Å². The quantitative estimate of drug-likeness (QED) is 0.278. The number of alkyl halides is 1. The number of methoxy groups -OCH3 is 1. The second-order valence-electron chi connectivity index (χ2n) is 5.55. The number of aromatic nitrogens is 3. The number of allylic oxidation sites excluding steroid dienone is 1. The molecule has 0 radical (unpaired) electrons. The van der Waals surface area contributed by atoms with Crippen LogP contribution in [0.5, 0.6) is 0 Å². The van der Waals surface area contributed by atoms with Crippen LogP contribution in [0.1, 0.15) is 31.2 Å². The molecule has 0 aromatic carbocycles. The van der Waals surface area contributed by atoms with Crippen molar-refractivity contribution in [1.82, 2.24) is 14.8 Å². The zero-order valence-corrected chi connectivity index (χ0v) is 15.8. The Labute approximate surface area is 159 Å². The van der Waals surface area contributed by atoms with Crippen LogP contribution in [-0.4, -0.2) is 39.5 Å². The van der Waals surface area contributed by atoms with Gasteiger partial charge in [0.05, 0.1) is 19.9 Å². The average Bonchev–Trinajstić information content (AvgIpc) is 3.23. The van der Waals surface area contributed by atoms with Crippen LogP contribution >= 0.6 is 22.9 Å². The Morgan fingerprint density at radius 2 is 2.19 bits per heavy atom. The van der Waals surface area contributed by atoms with Crippen LogP contribution in [-0.2, 0) is 11.3 Å². The van der Waals surface area contributed by atoms with Gasteiger partial charge in [-0.3, -0.25) is 9.48 Å². The van der Waals surface area contributed by atoms with E-state index in [1.54, 1.807) is 23.0 Å². The highest BCUT2D eigenvalue weighted by atomic mass is 35.5. The van der Waals surface area contributed by atoms with Gasteiger partial charge in [-0.1, -0.05) is 0 Å². The van der Waals surface area contributed by atoms with E-state index >= 15 is 0 Å². The predicted molar refractivity (Wildman–Crippen MR) is 102 cm³/mol. The molecule has 6 nitrogen and oxygen atoms in total. The molecule has 134 valence electrons. The van der Waals surface area contributed by atoms with Gasteiger partial charge >= 0.3 is 5.97 Å². The molecule has 0 saturated carbocycles. The topological polar surface area (TPSA) is 74.1 Å². The minimum atomic E-state index is -0.396. The van der Waals surface area contributed by atoms with Crippen molar-refractivity contribution in [2.45, 2.75) is 13.5 Å². The number of hydrogen-bond acceptors (Lipinski definition) is 6. The van der Waals surface area contributed by atoms with Gasteiger partial charge in [0, 0.05) is 34.8 Å². The van der Waals surface area contributed by atoms with Crippen molar-refractivity contribution in [2.24, 2.45) is 0 Å². The third kappa shape index (κ3) is 3.68. The second kappa shape index (κ2) is 7.80. The Balaban J connectivity index is 1.84. The lowest BCUT2D eigenvalue weighted by atomic mass is 10.1. The van der Waals surface area contributed by atoms with E-state index in [-0.39, 0.29) is 5.78 Å². The molecule has 3 rings (SSSR count). The number of pyridine rings is 1. The molecule has 3 aromatic rings. The first-order chi connectivity index (χ1) is 12.5. The summed E-state index contributed by atoms with van der Waals surface area (Å²) in [6.07, 6.45) is 8.18. The van der Waals surface area contributed by atoms with Crippen molar-refractivity contribution in [3.05, 3.63) is 52.3 Å². The van der Waals surface area contributed by atoms with Gasteiger partial charge in [-0.25, -0.2) is 9.78 Å². The summed E-state index contributed by atoms with van der Waals surface area (Å²) < 4.78 is 6.50. The van der Waals surface area contributed by atoms with Gasteiger partial charge in [-0.2, -0.15) is 5.10 Å². The lowest BCUT2D eigenvalue weighted by molar-refractivity contribution is 0.0605. The molecule has 0 N–H and O–H groups in total. The van der Waals surface area contributed by atoms with E-state index < -0.39 is 5.97 Å². The highest BCUT2D eigenvalue weighted by Gasteiger charge is 2.17. The maximum absolute atomic E-state index is 12.4. The third-order valence-corrected chi connectivity index (χ3v) is 5.21. The van der Waals surface area contributed by atoms with Crippen molar-refractivity contribution < 1.29 is 14.3 Å². The SMILES string of the molecule is COC(=O)c1sc2ncc(C(=O)/C=C/c3cnn(CCCl)c3)cc2c1C. The molecule has 26 heavy (non-hydrogen) atoms. The minimum Gasteiger partial charge on any atom is -0.465 e. The van der Waals surface area contributed by atoms with E-state index in [1.165, 1.54) is 30.7 Å². The van der Waals surface area contributed by atoms with Gasteiger partial charge < -0.3 is 4.74 Å². The van der Waals surface area contributed by atoms with Crippen LogP contribution in [0.15, 0.2) is 30.7 Å². The van der Waals surface area contributed by atoms with E-state index in [0.29, 0.717) is 27.7 Å². The molecule has 0 spiro atoms. The van der Waals surface area contributed by atoms with Crippen LogP contribution in [0.4, 0.5) is 0 Å². The number of ketones is 1. The molecular formula is C18H16ClN3O3S. The molecule has 3 aromatic heterocycles. The number of ether oxygens (including phenoxy) is 1. The summed E-state index contributed by atoms with van der Waals surface area (Å²) in [7, 11) is 1.34. The van der Waals surface area contributed by atoms with Gasteiger partial charge in [0.1, 0.15) is 9.71 Å². The standard InChI is InChI=1S/C18H16ClN3O3S/c1-11-14-7-13(9-20-17(14)26-16(11)18(24)25-2)15(23)4-3-12-8-21-22(10-12)6-5-19/h3-4,7-10H,5-6H2,1-2H3/b4-3+. The Bertz CT molecular complexity index is 1010. The monoisotopic (exact) mass is 389 g/mol. The molecule has 0 bridgehead atoms. The zero-order chi connectivity index (χ0) is 18.7. The number of fused-ring (bicyclic) bond motifs is 1. The van der Waals surface area contributed by atoms with E-state index in [4.69, 9.17) is 16.3 Å². The Hall–Kier alpha value is -2.51. The van der Waals surface area contributed by atoms with Gasteiger partial charge in [0.25, 0.3) is 0 Å². The number of esters is 1. The highest BCUT2D eigenvalue weighted by molar-refractivity contribution is 7.20. The first-order valence-electron chi connectivity index (χ1n) is 7.81. The Kier molecular flexibility index (Phi) is 5.49. The molecule has 0 fully saturated rings. The largest absolute Gasteiger partial charge is 0.465 e. The van der Waals surface area contributed by atoms with E-state index in [9.17, 15) is 9.59 Å². The summed E-state index contributed by atoms with van der Waals surface area (Å²) in [4.78, 5) is 29.7. The molecule has 3 heterocycles. The van der Waals surface area contributed by atoms with E-state index in [2.05, 4.69) is 10.1 Å². The van der Waals surface area contributed by atoms with Crippen molar-refractivity contribution in [3.63, 3.8) is 0 Å². The zero-order valence-electron chi connectivity index (χ0n) is 14.2. The van der Waals surface area contributed by atoms with Crippen LogP contribution in [0.25, 0.3) is 16.3 Å². The maximum Gasteiger partial charge on any atom is 0.348 e. The summed E-state index contributed by atoms with van der Waals surface area (Å²) in [6, 6.07) is 1.75. The fourth-order valence-corrected chi connectivity index (χ4v) is 3.69. The summed E-state index contributed by atoms with van der Waals surface area (Å²) in [5, 5.41) is 4.93. The third-order valence-electron chi connectivity index (χ3n) is 3.84. The first kappa shape index (κ1) is 18.3. The van der Waals surface area contributed by atoms with E-state index in [1.807, 2.05) is 13.1 Å². The molecule has 0 aliphatic heterocycles. The fourth-order valence-electron chi connectivity index (χ4n) is 2.46. The summed E-state index contributed by atoms with van der Waals surface area (Å²) in [5.74, 6) is -0.0924. The van der Waals surface area contributed by atoms with Crippen molar-refractivity contribution in [2.75, 3.05) is 13.0 Å². The fraction of sp³-hybridized carbons (Fsp3) is 0.222. The summed E-state index contributed by atoms with van der Waals surface area (Å²) in [5.41, 5.74) is 2.04. The number of hydrogen-bond donors (Lipinski definition) is 0. The van der Waals surface area contributed by atoms with Crippen LogP contribution in [0.3, 0.4) is 0 Å². The van der Waals surface area contributed by atoms with Crippen LogP contribution in [0, 0.1) is 6.92 Å². The van der Waals surface area contributed by atoms with Gasteiger partial charge in [-0.15, -0.1) is 22.9 Å². The number of thiophene rings is 1. The molecule has 0 aliphatic carbocycles. The van der Waals surface area contributed by atoms with Crippen molar-refractivity contribution >= 4 is 51.0 Å². The van der Waals surface area contributed by atoms with E-state index in [0.717, 1.165) is 16.5 Å².